The molecule has 1 aliphatic carbocycles. The van der Waals surface area contributed by atoms with Crippen molar-refractivity contribution < 1.29 is 14.7 Å². The van der Waals surface area contributed by atoms with Gasteiger partial charge in [-0.25, -0.2) is 9.59 Å². The van der Waals surface area contributed by atoms with Crippen LogP contribution in [0.3, 0.4) is 0 Å². The molecule has 1 heterocycles. The maximum absolute atomic E-state index is 12.6. The highest BCUT2D eigenvalue weighted by Gasteiger charge is 2.36. The van der Waals surface area contributed by atoms with Crippen LogP contribution in [0.1, 0.15) is 24.0 Å². The van der Waals surface area contributed by atoms with Crippen molar-refractivity contribution in [3.8, 4) is 0 Å². The second-order valence-electron chi connectivity index (χ2n) is 6.06. The molecule has 2 amide bonds. The summed E-state index contributed by atoms with van der Waals surface area (Å²) in [5, 5.41) is 9.45. The van der Waals surface area contributed by atoms with Gasteiger partial charge in [0.25, 0.3) is 0 Å². The summed E-state index contributed by atoms with van der Waals surface area (Å²) in [6.07, 6.45) is 2.72. The van der Waals surface area contributed by atoms with E-state index in [9.17, 15) is 14.7 Å². The van der Waals surface area contributed by atoms with Gasteiger partial charge in [0.15, 0.2) is 0 Å². The summed E-state index contributed by atoms with van der Waals surface area (Å²) in [5.74, 6) is -0.336. The summed E-state index contributed by atoms with van der Waals surface area (Å²) >= 11 is 0. The molecule has 1 atom stereocenters. The zero-order valence-electron chi connectivity index (χ0n) is 12.2. The first-order valence-electron chi connectivity index (χ1n) is 7.37. The topological polar surface area (TPSA) is 60.9 Å². The van der Waals surface area contributed by atoms with Crippen molar-refractivity contribution >= 4 is 12.0 Å². The SMILES string of the molecule is CN(CC1CC1)C(=O)N1Cc2ccccc2CC1C(=O)O. The molecule has 0 spiro atoms. The number of carbonyl (C=O) groups excluding carboxylic acids is 1. The Morgan fingerprint density at radius 3 is 2.57 bits per heavy atom. The third-order valence-electron chi connectivity index (χ3n) is 4.33. The minimum absolute atomic E-state index is 0.177. The molecule has 0 radical (unpaired) electrons. The van der Waals surface area contributed by atoms with Gasteiger partial charge in [-0.3, -0.25) is 0 Å². The van der Waals surface area contributed by atoms with Crippen LogP contribution in [0.25, 0.3) is 0 Å². The van der Waals surface area contributed by atoms with Gasteiger partial charge in [-0.1, -0.05) is 24.3 Å². The fourth-order valence-corrected chi connectivity index (χ4v) is 2.93. The second-order valence-corrected chi connectivity index (χ2v) is 6.06. The monoisotopic (exact) mass is 288 g/mol. The number of carboxylic acids is 1. The van der Waals surface area contributed by atoms with Gasteiger partial charge >= 0.3 is 12.0 Å². The number of carboxylic acid groups (broad SMARTS) is 1. The molecule has 0 bridgehead atoms. The summed E-state index contributed by atoms with van der Waals surface area (Å²) < 4.78 is 0. The van der Waals surface area contributed by atoms with Crippen molar-refractivity contribution in [3.05, 3.63) is 35.4 Å². The molecule has 1 saturated carbocycles. The van der Waals surface area contributed by atoms with E-state index in [1.807, 2.05) is 24.3 Å². The van der Waals surface area contributed by atoms with Crippen LogP contribution in [0, 0.1) is 5.92 Å². The van der Waals surface area contributed by atoms with Crippen molar-refractivity contribution in [2.45, 2.75) is 31.8 Å². The van der Waals surface area contributed by atoms with Gasteiger partial charge in [-0.2, -0.15) is 0 Å². The lowest BCUT2D eigenvalue weighted by Crippen LogP contribution is -2.52. The van der Waals surface area contributed by atoms with Crippen LogP contribution in [0.4, 0.5) is 4.79 Å². The number of urea groups is 1. The number of nitrogens with zero attached hydrogens (tertiary/aromatic N) is 2. The van der Waals surface area contributed by atoms with E-state index in [2.05, 4.69) is 0 Å². The highest BCUT2D eigenvalue weighted by molar-refractivity contribution is 5.83. The first kappa shape index (κ1) is 13.9. The molecule has 1 aromatic carbocycles. The summed E-state index contributed by atoms with van der Waals surface area (Å²) in [5.41, 5.74) is 2.07. The Hall–Kier alpha value is -2.04. The Morgan fingerprint density at radius 2 is 1.95 bits per heavy atom. The molecule has 2 aliphatic rings. The number of benzene rings is 1. The molecule has 5 nitrogen and oxygen atoms in total. The van der Waals surface area contributed by atoms with Crippen molar-refractivity contribution in [1.82, 2.24) is 9.80 Å². The number of rotatable bonds is 3. The fraction of sp³-hybridized carbons (Fsp3) is 0.500. The normalized spacial score (nSPS) is 20.8. The van der Waals surface area contributed by atoms with E-state index >= 15 is 0 Å². The van der Waals surface area contributed by atoms with Crippen LogP contribution in [0.15, 0.2) is 24.3 Å². The summed E-state index contributed by atoms with van der Waals surface area (Å²) in [4.78, 5) is 27.3. The first-order valence-corrected chi connectivity index (χ1v) is 7.37. The highest BCUT2D eigenvalue weighted by atomic mass is 16.4. The molecule has 112 valence electrons. The van der Waals surface area contributed by atoms with Crippen LogP contribution in [0.2, 0.25) is 0 Å². The number of hydrogen-bond acceptors (Lipinski definition) is 2. The lowest BCUT2D eigenvalue weighted by Gasteiger charge is -2.36. The molecule has 1 fully saturated rings. The molecular weight excluding hydrogens is 268 g/mol. The van der Waals surface area contributed by atoms with E-state index in [0.29, 0.717) is 18.9 Å². The van der Waals surface area contributed by atoms with Gasteiger partial charge in [-0.05, 0) is 29.9 Å². The van der Waals surface area contributed by atoms with E-state index in [-0.39, 0.29) is 6.03 Å². The molecule has 1 aromatic rings. The fourth-order valence-electron chi connectivity index (χ4n) is 2.93. The predicted octanol–water partition coefficient (Wildman–Crippen LogP) is 1.96. The lowest BCUT2D eigenvalue weighted by atomic mass is 9.94. The molecule has 0 saturated heterocycles. The van der Waals surface area contributed by atoms with Crippen LogP contribution < -0.4 is 0 Å². The lowest BCUT2D eigenvalue weighted by molar-refractivity contribution is -0.142. The maximum atomic E-state index is 12.6. The van der Waals surface area contributed by atoms with Crippen molar-refractivity contribution in [3.63, 3.8) is 0 Å². The minimum Gasteiger partial charge on any atom is -0.480 e. The molecular formula is C16H20N2O3. The summed E-state index contributed by atoms with van der Waals surface area (Å²) in [7, 11) is 1.76. The highest BCUT2D eigenvalue weighted by Crippen LogP contribution is 2.30. The Kier molecular flexibility index (Phi) is 3.57. The van der Waals surface area contributed by atoms with Gasteiger partial charge in [0.2, 0.25) is 0 Å². The number of carbonyl (C=O) groups is 2. The zero-order chi connectivity index (χ0) is 15.0. The molecule has 1 aliphatic heterocycles. The van der Waals surface area contributed by atoms with Crippen molar-refractivity contribution in [2.24, 2.45) is 5.92 Å². The maximum Gasteiger partial charge on any atom is 0.326 e. The quantitative estimate of drug-likeness (QED) is 0.925. The largest absolute Gasteiger partial charge is 0.480 e. The minimum atomic E-state index is -0.933. The van der Waals surface area contributed by atoms with Crippen molar-refractivity contribution in [1.29, 1.82) is 0 Å². The number of fused-ring (bicyclic) bond motifs is 1. The smallest absolute Gasteiger partial charge is 0.326 e. The third-order valence-corrected chi connectivity index (χ3v) is 4.33. The molecule has 21 heavy (non-hydrogen) atoms. The van der Waals surface area contributed by atoms with E-state index in [1.54, 1.807) is 11.9 Å². The number of aliphatic carboxylic acids is 1. The Morgan fingerprint density at radius 1 is 1.29 bits per heavy atom. The predicted molar refractivity (Wildman–Crippen MR) is 77.9 cm³/mol. The van der Waals surface area contributed by atoms with E-state index in [0.717, 1.165) is 17.7 Å². The van der Waals surface area contributed by atoms with Crippen LogP contribution in [-0.2, 0) is 17.8 Å². The standard InChI is InChI=1S/C16H20N2O3/c1-17(9-11-6-7-11)16(21)18-10-13-5-3-2-4-12(13)8-14(18)15(19)20/h2-5,11,14H,6-10H2,1H3,(H,19,20). The van der Waals surface area contributed by atoms with Crippen LogP contribution >= 0.6 is 0 Å². The van der Waals surface area contributed by atoms with Crippen LogP contribution in [0.5, 0.6) is 0 Å². The Bertz CT molecular complexity index is 568. The second kappa shape index (κ2) is 5.39. The molecule has 1 unspecified atom stereocenters. The van der Waals surface area contributed by atoms with Gasteiger partial charge in [0.1, 0.15) is 6.04 Å². The molecule has 1 N–H and O–H groups in total. The van der Waals surface area contributed by atoms with Gasteiger partial charge in [-0.15, -0.1) is 0 Å². The first-order chi connectivity index (χ1) is 10.1. The van der Waals surface area contributed by atoms with Gasteiger partial charge < -0.3 is 14.9 Å². The van der Waals surface area contributed by atoms with Gasteiger partial charge in [0, 0.05) is 26.6 Å². The molecule has 3 rings (SSSR count). The summed E-state index contributed by atoms with van der Waals surface area (Å²) in [6, 6.07) is 6.80. The average Bonchev–Trinajstić information content (AvgIpc) is 3.28. The zero-order valence-corrected chi connectivity index (χ0v) is 12.2. The summed E-state index contributed by atoms with van der Waals surface area (Å²) in [6.45, 7) is 1.10. The van der Waals surface area contributed by atoms with Crippen molar-refractivity contribution in [2.75, 3.05) is 13.6 Å². The van der Waals surface area contributed by atoms with Crippen LogP contribution in [-0.4, -0.2) is 46.5 Å². The molecule has 5 heteroatoms. The van der Waals surface area contributed by atoms with E-state index < -0.39 is 12.0 Å². The Balaban J connectivity index is 1.81. The Labute approximate surface area is 124 Å². The van der Waals surface area contributed by atoms with Gasteiger partial charge in [0.05, 0.1) is 0 Å². The van der Waals surface area contributed by atoms with E-state index in [4.69, 9.17) is 0 Å². The number of amides is 2. The average molecular weight is 288 g/mol. The molecule has 0 aromatic heterocycles. The number of hydrogen-bond donors (Lipinski definition) is 1. The third kappa shape index (κ3) is 2.86. The van der Waals surface area contributed by atoms with E-state index in [1.165, 1.54) is 17.7 Å².